The van der Waals surface area contributed by atoms with Crippen LogP contribution in [0.4, 0.5) is 0 Å². The van der Waals surface area contributed by atoms with Crippen LogP contribution in [-0.2, 0) is 11.2 Å². The lowest BCUT2D eigenvalue weighted by Crippen LogP contribution is -2.27. The van der Waals surface area contributed by atoms with Gasteiger partial charge in [0.1, 0.15) is 6.33 Å². The second-order valence-corrected chi connectivity index (χ2v) is 6.56. The normalized spacial score (nSPS) is 10.6. The van der Waals surface area contributed by atoms with E-state index in [1.54, 1.807) is 11.0 Å². The zero-order valence-electron chi connectivity index (χ0n) is 14.1. The van der Waals surface area contributed by atoms with Gasteiger partial charge in [-0.2, -0.15) is 0 Å². The molecule has 2 aromatic carbocycles. The van der Waals surface area contributed by atoms with E-state index < -0.39 is 0 Å². The van der Waals surface area contributed by atoms with Crippen molar-refractivity contribution < 1.29 is 4.79 Å². The number of hydrogen-bond donors (Lipinski definition) is 1. The molecule has 0 spiro atoms. The summed E-state index contributed by atoms with van der Waals surface area (Å²) in [5.41, 5.74) is 3.46. The lowest BCUT2D eigenvalue weighted by atomic mass is 10.1. The summed E-state index contributed by atoms with van der Waals surface area (Å²) in [7, 11) is 0. The van der Waals surface area contributed by atoms with E-state index in [9.17, 15) is 4.79 Å². The summed E-state index contributed by atoms with van der Waals surface area (Å²) in [5.74, 6) is 0.307. The smallest absolute Gasteiger partial charge is 0.230 e. The minimum absolute atomic E-state index is 0.00496. The van der Waals surface area contributed by atoms with Crippen LogP contribution in [-0.4, -0.2) is 33.0 Å². The fraction of sp³-hybridized carbons (Fsp3) is 0.211. The van der Waals surface area contributed by atoms with Crippen LogP contribution in [0.15, 0.2) is 66.1 Å². The van der Waals surface area contributed by atoms with Crippen molar-refractivity contribution in [3.8, 4) is 5.69 Å². The largest absolute Gasteiger partial charge is 0.355 e. The molecule has 1 aromatic heterocycles. The number of aromatic nitrogens is 3. The van der Waals surface area contributed by atoms with Gasteiger partial charge in [0.25, 0.3) is 0 Å². The summed E-state index contributed by atoms with van der Waals surface area (Å²) in [6.45, 7) is 2.72. The number of hydrogen-bond acceptors (Lipinski definition) is 4. The average Bonchev–Trinajstić information content (AvgIpc) is 3.11. The Kier molecular flexibility index (Phi) is 5.85. The summed E-state index contributed by atoms with van der Waals surface area (Å²) in [4.78, 5) is 16.2. The quantitative estimate of drug-likeness (QED) is 0.664. The minimum Gasteiger partial charge on any atom is -0.355 e. The lowest BCUT2D eigenvalue weighted by Gasteiger charge is -2.06. The molecular formula is C19H20N4OS. The monoisotopic (exact) mass is 352 g/mol. The summed E-state index contributed by atoms with van der Waals surface area (Å²) >= 11 is 1.34. The molecule has 0 radical (unpaired) electrons. The molecule has 5 nitrogen and oxygen atoms in total. The molecule has 0 saturated carbocycles. The van der Waals surface area contributed by atoms with Crippen molar-refractivity contribution in [1.82, 2.24) is 20.1 Å². The van der Waals surface area contributed by atoms with Gasteiger partial charge >= 0.3 is 0 Å². The maximum absolute atomic E-state index is 12.0. The van der Waals surface area contributed by atoms with Gasteiger partial charge in [0, 0.05) is 6.54 Å². The van der Waals surface area contributed by atoms with Gasteiger partial charge in [0.05, 0.1) is 11.4 Å². The fourth-order valence-corrected chi connectivity index (χ4v) is 3.06. The molecule has 25 heavy (non-hydrogen) atoms. The zero-order valence-corrected chi connectivity index (χ0v) is 14.9. The van der Waals surface area contributed by atoms with E-state index in [0.29, 0.717) is 17.5 Å². The SMILES string of the molecule is Cc1ccccc1CCNC(=O)CSc1ncn(-c2ccccc2)n1. The van der Waals surface area contributed by atoms with E-state index >= 15 is 0 Å². The number of amides is 1. The molecule has 1 amide bonds. The van der Waals surface area contributed by atoms with Gasteiger partial charge in [0.15, 0.2) is 0 Å². The van der Waals surface area contributed by atoms with E-state index in [0.717, 1.165) is 12.1 Å². The van der Waals surface area contributed by atoms with E-state index in [1.165, 1.54) is 22.9 Å². The van der Waals surface area contributed by atoms with Crippen molar-refractivity contribution in [3.63, 3.8) is 0 Å². The number of carbonyl (C=O) groups is 1. The summed E-state index contributed by atoms with van der Waals surface area (Å²) < 4.78 is 1.71. The van der Waals surface area contributed by atoms with Crippen molar-refractivity contribution in [3.05, 3.63) is 72.1 Å². The molecule has 0 aliphatic heterocycles. The first-order valence-electron chi connectivity index (χ1n) is 8.13. The first-order valence-corrected chi connectivity index (χ1v) is 9.12. The molecule has 0 aliphatic carbocycles. The highest BCUT2D eigenvalue weighted by atomic mass is 32.2. The predicted molar refractivity (Wildman–Crippen MR) is 100.0 cm³/mol. The summed E-state index contributed by atoms with van der Waals surface area (Å²) in [6, 6.07) is 18.0. The Balaban J connectivity index is 1.44. The van der Waals surface area contributed by atoms with Gasteiger partial charge in [-0.3, -0.25) is 4.79 Å². The molecule has 3 rings (SSSR count). The van der Waals surface area contributed by atoms with Crippen molar-refractivity contribution in [2.45, 2.75) is 18.5 Å². The fourth-order valence-electron chi connectivity index (χ4n) is 2.43. The van der Waals surface area contributed by atoms with Crippen LogP contribution in [0.25, 0.3) is 5.69 Å². The Hall–Kier alpha value is -2.60. The molecular weight excluding hydrogens is 332 g/mol. The second-order valence-electron chi connectivity index (χ2n) is 5.62. The lowest BCUT2D eigenvalue weighted by molar-refractivity contribution is -0.118. The summed E-state index contributed by atoms with van der Waals surface area (Å²) in [6.07, 6.45) is 2.50. The maximum Gasteiger partial charge on any atom is 0.230 e. The van der Waals surface area contributed by atoms with Crippen molar-refractivity contribution in [2.75, 3.05) is 12.3 Å². The molecule has 0 atom stereocenters. The molecule has 0 saturated heterocycles. The van der Waals surface area contributed by atoms with E-state index in [4.69, 9.17) is 0 Å². The van der Waals surface area contributed by atoms with Crippen LogP contribution in [0.3, 0.4) is 0 Å². The zero-order chi connectivity index (χ0) is 17.5. The maximum atomic E-state index is 12.0. The third-order valence-corrected chi connectivity index (χ3v) is 4.65. The van der Waals surface area contributed by atoms with Crippen molar-refractivity contribution >= 4 is 17.7 Å². The Morgan fingerprint density at radius 1 is 1.12 bits per heavy atom. The highest BCUT2D eigenvalue weighted by molar-refractivity contribution is 7.99. The number of benzene rings is 2. The first kappa shape index (κ1) is 17.2. The number of thioether (sulfide) groups is 1. The topological polar surface area (TPSA) is 59.8 Å². The van der Waals surface area contributed by atoms with Gasteiger partial charge in [0.2, 0.25) is 11.1 Å². The van der Waals surface area contributed by atoms with Crippen LogP contribution < -0.4 is 5.32 Å². The molecule has 0 bridgehead atoms. The standard InChI is InChI=1S/C19H20N4OS/c1-15-7-5-6-8-16(15)11-12-20-18(24)13-25-19-21-14-23(22-19)17-9-3-2-4-10-17/h2-10,14H,11-13H2,1H3,(H,20,24). The second kappa shape index (κ2) is 8.48. The van der Waals surface area contributed by atoms with Crippen LogP contribution in [0, 0.1) is 6.92 Å². The third kappa shape index (κ3) is 4.93. The van der Waals surface area contributed by atoms with E-state index in [1.807, 2.05) is 42.5 Å². The van der Waals surface area contributed by atoms with Gasteiger partial charge < -0.3 is 5.32 Å². The van der Waals surface area contributed by atoms with Crippen molar-refractivity contribution in [2.24, 2.45) is 0 Å². The van der Waals surface area contributed by atoms with Crippen molar-refractivity contribution in [1.29, 1.82) is 0 Å². The molecule has 0 fully saturated rings. The minimum atomic E-state index is -0.00496. The first-order chi connectivity index (χ1) is 12.2. The highest BCUT2D eigenvalue weighted by Gasteiger charge is 2.07. The van der Waals surface area contributed by atoms with E-state index in [-0.39, 0.29) is 5.91 Å². The number of aryl methyl sites for hydroxylation is 1. The number of nitrogens with one attached hydrogen (secondary N) is 1. The molecule has 128 valence electrons. The Morgan fingerprint density at radius 3 is 2.68 bits per heavy atom. The van der Waals surface area contributed by atoms with Crippen LogP contribution in [0.2, 0.25) is 0 Å². The number of nitrogens with zero attached hydrogens (tertiary/aromatic N) is 3. The molecule has 1 N–H and O–H groups in total. The Labute approximate surface area is 151 Å². The number of rotatable bonds is 7. The average molecular weight is 352 g/mol. The third-order valence-electron chi connectivity index (χ3n) is 3.80. The van der Waals surface area contributed by atoms with Crippen LogP contribution in [0.1, 0.15) is 11.1 Å². The van der Waals surface area contributed by atoms with Gasteiger partial charge in [-0.1, -0.05) is 54.2 Å². The van der Waals surface area contributed by atoms with Crippen LogP contribution in [0.5, 0.6) is 0 Å². The van der Waals surface area contributed by atoms with Gasteiger partial charge in [-0.05, 0) is 36.6 Å². The van der Waals surface area contributed by atoms with Gasteiger partial charge in [-0.15, -0.1) is 5.10 Å². The molecule has 1 heterocycles. The summed E-state index contributed by atoms with van der Waals surface area (Å²) in [5, 5.41) is 7.92. The Morgan fingerprint density at radius 2 is 1.88 bits per heavy atom. The molecule has 6 heteroatoms. The Bertz CT molecular complexity index is 832. The van der Waals surface area contributed by atoms with Gasteiger partial charge in [-0.25, -0.2) is 9.67 Å². The molecule has 3 aromatic rings. The predicted octanol–water partition coefficient (Wildman–Crippen LogP) is 3.03. The molecule has 0 aliphatic rings. The number of para-hydroxylation sites is 1. The number of carbonyl (C=O) groups excluding carboxylic acids is 1. The highest BCUT2D eigenvalue weighted by Crippen LogP contribution is 2.14. The van der Waals surface area contributed by atoms with Crippen LogP contribution >= 0.6 is 11.8 Å². The molecule has 0 unspecified atom stereocenters. The van der Waals surface area contributed by atoms with E-state index in [2.05, 4.69) is 34.5 Å².